The van der Waals surface area contributed by atoms with Crippen molar-refractivity contribution in [3.63, 3.8) is 0 Å². The van der Waals surface area contributed by atoms with Gasteiger partial charge in [-0.05, 0) is 44.9 Å². The minimum Gasteiger partial charge on any atom is -0.326 e. The van der Waals surface area contributed by atoms with E-state index >= 15 is 0 Å². The zero-order valence-electron chi connectivity index (χ0n) is 13.9. The lowest BCUT2D eigenvalue weighted by Crippen LogP contribution is -2.30. The quantitative estimate of drug-likeness (QED) is 0.903. The lowest BCUT2D eigenvalue weighted by atomic mass is 10.2. The van der Waals surface area contributed by atoms with Crippen molar-refractivity contribution in [3.8, 4) is 0 Å². The van der Waals surface area contributed by atoms with Gasteiger partial charge >= 0.3 is 0 Å². The normalized spacial score (nSPS) is 17.3. The van der Waals surface area contributed by atoms with E-state index < -0.39 is 0 Å². The van der Waals surface area contributed by atoms with E-state index in [0.717, 1.165) is 28.4 Å². The molecule has 5 nitrogen and oxygen atoms in total. The fraction of sp³-hybridized carbons (Fsp3) is 0.389. The summed E-state index contributed by atoms with van der Waals surface area (Å²) in [6, 6.07) is 7.71. The van der Waals surface area contributed by atoms with E-state index in [-0.39, 0.29) is 17.9 Å². The molecule has 1 atom stereocenters. The number of hydrogen-bond donors (Lipinski definition) is 1. The second kappa shape index (κ2) is 7.13. The summed E-state index contributed by atoms with van der Waals surface area (Å²) < 4.78 is 0. The maximum atomic E-state index is 12.2. The van der Waals surface area contributed by atoms with Crippen LogP contribution in [0.25, 0.3) is 0 Å². The van der Waals surface area contributed by atoms with Crippen LogP contribution >= 0.6 is 11.3 Å². The number of hydrogen-bond acceptors (Lipinski definition) is 4. The van der Waals surface area contributed by atoms with Crippen LogP contribution in [0, 0.1) is 6.92 Å². The average molecular weight is 343 g/mol. The molecule has 1 saturated heterocycles. The van der Waals surface area contributed by atoms with Gasteiger partial charge in [-0.15, -0.1) is 11.3 Å². The Bertz CT molecular complexity index is 756. The van der Waals surface area contributed by atoms with Crippen LogP contribution in [0.15, 0.2) is 29.8 Å². The molecule has 24 heavy (non-hydrogen) atoms. The molecule has 1 aromatic heterocycles. The highest BCUT2D eigenvalue weighted by atomic mass is 32.1. The Morgan fingerprint density at radius 1 is 1.46 bits per heavy atom. The van der Waals surface area contributed by atoms with Crippen molar-refractivity contribution >= 4 is 34.5 Å². The summed E-state index contributed by atoms with van der Waals surface area (Å²) in [7, 11) is 0. The van der Waals surface area contributed by atoms with Crippen LogP contribution in [0.2, 0.25) is 0 Å². The van der Waals surface area contributed by atoms with Crippen LogP contribution in [0.1, 0.15) is 36.8 Å². The fourth-order valence-electron chi connectivity index (χ4n) is 2.98. The van der Waals surface area contributed by atoms with Crippen molar-refractivity contribution in [1.82, 2.24) is 4.98 Å². The lowest BCUT2D eigenvalue weighted by Gasteiger charge is -2.22. The second-order valence-corrected chi connectivity index (χ2v) is 7.05. The number of nitrogens with zero attached hydrogens (tertiary/aromatic N) is 2. The monoisotopic (exact) mass is 343 g/mol. The van der Waals surface area contributed by atoms with E-state index in [4.69, 9.17) is 0 Å². The van der Waals surface area contributed by atoms with E-state index in [2.05, 4.69) is 10.3 Å². The van der Waals surface area contributed by atoms with Crippen molar-refractivity contribution in [2.75, 3.05) is 10.2 Å². The highest BCUT2D eigenvalue weighted by Crippen LogP contribution is 2.28. The summed E-state index contributed by atoms with van der Waals surface area (Å²) in [5.74, 6) is 0.118. The first kappa shape index (κ1) is 16.6. The molecular formula is C18H21N3O2S. The van der Waals surface area contributed by atoms with Gasteiger partial charge in [-0.3, -0.25) is 9.59 Å². The number of nitrogens with one attached hydrogen (secondary N) is 1. The van der Waals surface area contributed by atoms with Gasteiger partial charge in [0.2, 0.25) is 11.8 Å². The molecule has 0 saturated carbocycles. The molecule has 0 spiro atoms. The maximum absolute atomic E-state index is 12.2. The Labute approximate surface area is 145 Å². The number of anilines is 2. The van der Waals surface area contributed by atoms with Crippen molar-refractivity contribution in [2.45, 2.75) is 45.6 Å². The Kier molecular flexibility index (Phi) is 4.94. The summed E-state index contributed by atoms with van der Waals surface area (Å²) in [6.45, 7) is 4.01. The molecule has 2 aromatic rings. The summed E-state index contributed by atoms with van der Waals surface area (Å²) in [5.41, 5.74) is 4.38. The smallest absolute Gasteiger partial charge is 0.227 e. The van der Waals surface area contributed by atoms with E-state index in [9.17, 15) is 9.59 Å². The highest BCUT2D eigenvalue weighted by Gasteiger charge is 2.28. The van der Waals surface area contributed by atoms with Crippen molar-refractivity contribution in [2.24, 2.45) is 0 Å². The van der Waals surface area contributed by atoms with Crippen LogP contribution in [-0.2, 0) is 16.0 Å². The largest absolute Gasteiger partial charge is 0.326 e. The van der Waals surface area contributed by atoms with Gasteiger partial charge in [-0.25, -0.2) is 4.98 Å². The van der Waals surface area contributed by atoms with E-state index in [1.165, 1.54) is 0 Å². The number of amides is 2. The Morgan fingerprint density at radius 2 is 2.29 bits per heavy atom. The topological polar surface area (TPSA) is 62.3 Å². The first-order valence-corrected chi connectivity index (χ1v) is 9.03. The number of carbonyl (C=O) groups is 2. The zero-order chi connectivity index (χ0) is 17.1. The van der Waals surface area contributed by atoms with Crippen LogP contribution in [0.4, 0.5) is 11.4 Å². The number of thiazole rings is 1. The van der Waals surface area contributed by atoms with Crippen molar-refractivity contribution in [3.05, 3.63) is 40.3 Å². The molecule has 1 fully saturated rings. The van der Waals surface area contributed by atoms with Gasteiger partial charge in [-0.1, -0.05) is 6.07 Å². The van der Waals surface area contributed by atoms with Gasteiger partial charge in [0, 0.05) is 35.1 Å². The molecule has 1 N–H and O–H groups in total. The Morgan fingerprint density at radius 3 is 2.96 bits per heavy atom. The average Bonchev–Trinajstić information content (AvgIpc) is 3.11. The van der Waals surface area contributed by atoms with Gasteiger partial charge in [0.15, 0.2) is 0 Å². The fourth-order valence-corrected chi connectivity index (χ4v) is 3.76. The molecule has 3 rings (SSSR count). The van der Waals surface area contributed by atoms with Crippen molar-refractivity contribution in [1.29, 1.82) is 0 Å². The SMILES string of the molecule is Cc1ncsc1CCC(=O)Nc1cccc(N2C(=O)CC[C@@H]2C)c1. The van der Waals surface area contributed by atoms with Gasteiger partial charge < -0.3 is 10.2 Å². The maximum Gasteiger partial charge on any atom is 0.227 e. The third-order valence-corrected chi connectivity index (χ3v) is 5.31. The predicted octanol–water partition coefficient (Wildman–Crippen LogP) is 3.54. The Hall–Kier alpha value is -2.21. The lowest BCUT2D eigenvalue weighted by molar-refractivity contribution is -0.117. The first-order chi connectivity index (χ1) is 11.5. The second-order valence-electron chi connectivity index (χ2n) is 6.11. The number of benzene rings is 1. The molecule has 1 aromatic carbocycles. The molecule has 2 heterocycles. The summed E-state index contributed by atoms with van der Waals surface area (Å²) in [5, 5.41) is 2.92. The third-order valence-electron chi connectivity index (χ3n) is 4.32. The van der Waals surface area contributed by atoms with Gasteiger partial charge in [0.1, 0.15) is 0 Å². The molecular weight excluding hydrogens is 322 g/mol. The van der Waals surface area contributed by atoms with Crippen LogP contribution < -0.4 is 10.2 Å². The minimum absolute atomic E-state index is 0.0271. The Balaban J connectivity index is 1.63. The van der Waals surface area contributed by atoms with Gasteiger partial charge in [0.05, 0.1) is 11.2 Å². The van der Waals surface area contributed by atoms with Crippen LogP contribution in [0.5, 0.6) is 0 Å². The number of aromatic nitrogens is 1. The highest BCUT2D eigenvalue weighted by molar-refractivity contribution is 7.09. The molecule has 0 radical (unpaired) electrons. The van der Waals surface area contributed by atoms with Crippen LogP contribution in [0.3, 0.4) is 0 Å². The predicted molar refractivity (Wildman–Crippen MR) is 96.4 cm³/mol. The summed E-state index contributed by atoms with van der Waals surface area (Å²) in [6.07, 6.45) is 2.59. The molecule has 2 amide bonds. The molecule has 0 unspecified atom stereocenters. The van der Waals surface area contributed by atoms with Gasteiger partial charge in [0.25, 0.3) is 0 Å². The molecule has 126 valence electrons. The molecule has 1 aliphatic heterocycles. The number of carbonyl (C=O) groups excluding carboxylic acids is 2. The summed E-state index contributed by atoms with van der Waals surface area (Å²) >= 11 is 1.58. The minimum atomic E-state index is -0.0271. The molecule has 0 aliphatic carbocycles. The van der Waals surface area contributed by atoms with E-state index in [0.29, 0.717) is 19.3 Å². The van der Waals surface area contributed by atoms with Crippen LogP contribution in [-0.4, -0.2) is 22.8 Å². The molecule has 1 aliphatic rings. The van der Waals surface area contributed by atoms with E-state index in [1.54, 1.807) is 16.8 Å². The number of aryl methyl sites for hydroxylation is 2. The van der Waals surface area contributed by atoms with Crippen molar-refractivity contribution < 1.29 is 9.59 Å². The molecule has 0 bridgehead atoms. The van der Waals surface area contributed by atoms with Gasteiger partial charge in [-0.2, -0.15) is 0 Å². The number of rotatable bonds is 5. The summed E-state index contributed by atoms with van der Waals surface area (Å²) in [4.78, 5) is 31.4. The van der Waals surface area contributed by atoms with E-state index in [1.807, 2.05) is 43.0 Å². The zero-order valence-corrected chi connectivity index (χ0v) is 14.7. The third kappa shape index (κ3) is 3.64. The molecule has 6 heteroatoms. The standard InChI is InChI=1S/C18H21N3O2S/c1-12-6-9-18(23)21(12)15-5-3-4-14(10-15)20-17(22)8-7-16-13(2)19-11-24-16/h3-5,10-12H,6-9H2,1-2H3,(H,20,22)/t12-/m0/s1. The first-order valence-electron chi connectivity index (χ1n) is 8.15.